The summed E-state index contributed by atoms with van der Waals surface area (Å²) in [5.74, 6) is -1.09. The van der Waals surface area contributed by atoms with Crippen molar-refractivity contribution >= 4 is 17.3 Å². The molecule has 1 aliphatic rings. The SMILES string of the molecule is COc1cccc(C(=O)Nc2cc(C)cc(N3CCN(C)CC3)c2)c1F. The molecule has 138 valence electrons. The van der Waals surface area contributed by atoms with Crippen molar-refractivity contribution < 1.29 is 13.9 Å². The number of methoxy groups -OCH3 is 1. The number of nitrogens with one attached hydrogen (secondary N) is 1. The van der Waals surface area contributed by atoms with Gasteiger partial charge in [-0.15, -0.1) is 0 Å². The van der Waals surface area contributed by atoms with E-state index in [0.717, 1.165) is 37.4 Å². The molecule has 1 amide bonds. The van der Waals surface area contributed by atoms with Crippen molar-refractivity contribution in [3.63, 3.8) is 0 Å². The van der Waals surface area contributed by atoms with E-state index in [2.05, 4.69) is 28.2 Å². The number of hydrogen-bond acceptors (Lipinski definition) is 4. The molecule has 6 heteroatoms. The lowest BCUT2D eigenvalue weighted by atomic mass is 10.1. The van der Waals surface area contributed by atoms with Gasteiger partial charge in [-0.25, -0.2) is 4.39 Å². The summed E-state index contributed by atoms with van der Waals surface area (Å²) in [6, 6.07) is 10.5. The molecule has 0 saturated carbocycles. The van der Waals surface area contributed by atoms with Crippen molar-refractivity contribution in [2.24, 2.45) is 0 Å². The van der Waals surface area contributed by atoms with Crippen LogP contribution in [0.4, 0.5) is 15.8 Å². The van der Waals surface area contributed by atoms with E-state index in [1.165, 1.54) is 19.2 Å². The summed E-state index contributed by atoms with van der Waals surface area (Å²) in [7, 11) is 3.49. The van der Waals surface area contributed by atoms with Gasteiger partial charge in [0, 0.05) is 37.6 Å². The Balaban J connectivity index is 1.81. The lowest BCUT2D eigenvalue weighted by Gasteiger charge is -2.34. The Morgan fingerprint density at radius 2 is 1.88 bits per heavy atom. The Kier molecular flexibility index (Phi) is 5.42. The number of ether oxygens (including phenoxy) is 1. The Bertz CT molecular complexity index is 802. The molecular weight excluding hydrogens is 333 g/mol. The zero-order chi connectivity index (χ0) is 18.7. The highest BCUT2D eigenvalue weighted by molar-refractivity contribution is 6.05. The average Bonchev–Trinajstić information content (AvgIpc) is 2.62. The van der Waals surface area contributed by atoms with Gasteiger partial charge in [0.1, 0.15) is 0 Å². The number of amides is 1. The average molecular weight is 357 g/mol. The van der Waals surface area contributed by atoms with E-state index in [4.69, 9.17) is 4.74 Å². The van der Waals surface area contributed by atoms with Crippen molar-refractivity contribution in [2.75, 3.05) is 50.6 Å². The summed E-state index contributed by atoms with van der Waals surface area (Å²) in [6.07, 6.45) is 0. The van der Waals surface area contributed by atoms with Crippen LogP contribution in [0.1, 0.15) is 15.9 Å². The van der Waals surface area contributed by atoms with E-state index in [1.807, 2.05) is 19.1 Å². The quantitative estimate of drug-likeness (QED) is 0.913. The molecule has 0 spiro atoms. The predicted molar refractivity (Wildman–Crippen MR) is 102 cm³/mol. The number of carbonyl (C=O) groups excluding carboxylic acids is 1. The number of halogens is 1. The van der Waals surface area contributed by atoms with Gasteiger partial charge < -0.3 is 19.9 Å². The fourth-order valence-electron chi connectivity index (χ4n) is 3.12. The number of nitrogens with zero attached hydrogens (tertiary/aromatic N) is 2. The number of aryl methyl sites for hydroxylation is 1. The largest absolute Gasteiger partial charge is 0.494 e. The molecule has 26 heavy (non-hydrogen) atoms. The number of likely N-dealkylation sites (N-methyl/N-ethyl adjacent to an activating group) is 1. The van der Waals surface area contributed by atoms with Gasteiger partial charge in [-0.2, -0.15) is 0 Å². The Morgan fingerprint density at radius 3 is 2.58 bits per heavy atom. The van der Waals surface area contributed by atoms with Crippen LogP contribution in [0, 0.1) is 12.7 Å². The minimum Gasteiger partial charge on any atom is -0.494 e. The molecular formula is C20H24FN3O2. The second-order valence-electron chi connectivity index (χ2n) is 6.62. The molecule has 2 aromatic rings. The summed E-state index contributed by atoms with van der Waals surface area (Å²) < 4.78 is 19.3. The van der Waals surface area contributed by atoms with Crippen molar-refractivity contribution in [2.45, 2.75) is 6.92 Å². The van der Waals surface area contributed by atoms with E-state index in [-0.39, 0.29) is 11.3 Å². The smallest absolute Gasteiger partial charge is 0.258 e. The maximum absolute atomic E-state index is 14.3. The molecule has 0 bridgehead atoms. The van der Waals surface area contributed by atoms with E-state index in [9.17, 15) is 9.18 Å². The van der Waals surface area contributed by atoms with Gasteiger partial charge in [-0.3, -0.25) is 4.79 Å². The van der Waals surface area contributed by atoms with Crippen LogP contribution in [-0.4, -0.2) is 51.1 Å². The monoisotopic (exact) mass is 357 g/mol. The van der Waals surface area contributed by atoms with E-state index in [0.29, 0.717) is 5.69 Å². The van der Waals surface area contributed by atoms with Gasteiger partial charge in [0.15, 0.2) is 11.6 Å². The molecule has 0 unspecified atom stereocenters. The lowest BCUT2D eigenvalue weighted by Crippen LogP contribution is -2.44. The number of carbonyl (C=O) groups is 1. The third-order valence-electron chi connectivity index (χ3n) is 4.62. The number of anilines is 2. The normalized spacial score (nSPS) is 15.0. The van der Waals surface area contributed by atoms with Crippen LogP contribution < -0.4 is 15.0 Å². The zero-order valence-corrected chi connectivity index (χ0v) is 15.4. The minimum atomic E-state index is -0.653. The third kappa shape index (κ3) is 3.96. The second kappa shape index (κ2) is 7.74. The van der Waals surface area contributed by atoms with Gasteiger partial charge in [0.25, 0.3) is 5.91 Å². The van der Waals surface area contributed by atoms with Crippen LogP contribution in [-0.2, 0) is 0 Å². The van der Waals surface area contributed by atoms with Crippen molar-refractivity contribution in [1.82, 2.24) is 4.90 Å². The van der Waals surface area contributed by atoms with Crippen LogP contribution in [0.2, 0.25) is 0 Å². The standard InChI is InChI=1S/C20H24FN3O2/c1-14-11-15(13-16(12-14)24-9-7-23(2)8-10-24)22-20(25)17-5-4-6-18(26-3)19(17)21/h4-6,11-13H,7-10H2,1-3H3,(H,22,25). The van der Waals surface area contributed by atoms with E-state index in [1.54, 1.807) is 6.07 Å². The molecule has 5 nitrogen and oxygen atoms in total. The van der Waals surface area contributed by atoms with Gasteiger partial charge in [0.05, 0.1) is 12.7 Å². The first-order valence-corrected chi connectivity index (χ1v) is 8.67. The summed E-state index contributed by atoms with van der Waals surface area (Å²) in [5.41, 5.74) is 2.74. The molecule has 2 aromatic carbocycles. The van der Waals surface area contributed by atoms with Gasteiger partial charge >= 0.3 is 0 Å². The lowest BCUT2D eigenvalue weighted by molar-refractivity contribution is 0.102. The fourth-order valence-corrected chi connectivity index (χ4v) is 3.12. The predicted octanol–water partition coefficient (Wildman–Crippen LogP) is 3.15. The van der Waals surface area contributed by atoms with Crippen LogP contribution in [0.15, 0.2) is 36.4 Å². The maximum atomic E-state index is 14.3. The second-order valence-corrected chi connectivity index (χ2v) is 6.62. The Hall–Kier alpha value is -2.60. The number of benzene rings is 2. The first kappa shape index (κ1) is 18.2. The fraction of sp³-hybridized carbons (Fsp3) is 0.350. The minimum absolute atomic E-state index is 0.0352. The van der Waals surface area contributed by atoms with E-state index < -0.39 is 11.7 Å². The molecule has 1 fully saturated rings. The van der Waals surface area contributed by atoms with Crippen molar-refractivity contribution in [1.29, 1.82) is 0 Å². The van der Waals surface area contributed by atoms with Crippen LogP contribution in [0.25, 0.3) is 0 Å². The first-order valence-electron chi connectivity index (χ1n) is 8.67. The van der Waals surface area contributed by atoms with Crippen LogP contribution >= 0.6 is 0 Å². The molecule has 0 radical (unpaired) electrons. The molecule has 0 aromatic heterocycles. The third-order valence-corrected chi connectivity index (χ3v) is 4.62. The summed E-state index contributed by atoms with van der Waals surface area (Å²) >= 11 is 0. The van der Waals surface area contributed by atoms with Crippen molar-refractivity contribution in [3.05, 3.63) is 53.3 Å². The molecule has 1 aliphatic heterocycles. The topological polar surface area (TPSA) is 44.8 Å². The first-order chi connectivity index (χ1) is 12.5. The highest BCUT2D eigenvalue weighted by Gasteiger charge is 2.18. The summed E-state index contributed by atoms with van der Waals surface area (Å²) in [5, 5.41) is 2.81. The molecule has 1 heterocycles. The van der Waals surface area contributed by atoms with Gasteiger partial charge in [-0.05, 0) is 49.9 Å². The van der Waals surface area contributed by atoms with Crippen LogP contribution in [0.3, 0.4) is 0 Å². The highest BCUT2D eigenvalue weighted by Crippen LogP contribution is 2.25. The molecule has 0 atom stereocenters. The zero-order valence-electron chi connectivity index (χ0n) is 15.4. The maximum Gasteiger partial charge on any atom is 0.258 e. The van der Waals surface area contributed by atoms with Crippen molar-refractivity contribution in [3.8, 4) is 5.75 Å². The molecule has 1 N–H and O–H groups in total. The Morgan fingerprint density at radius 1 is 1.15 bits per heavy atom. The number of piperazine rings is 1. The number of hydrogen-bond donors (Lipinski definition) is 1. The highest BCUT2D eigenvalue weighted by atomic mass is 19.1. The molecule has 1 saturated heterocycles. The van der Waals surface area contributed by atoms with Gasteiger partial charge in [0.2, 0.25) is 0 Å². The van der Waals surface area contributed by atoms with Gasteiger partial charge in [-0.1, -0.05) is 6.07 Å². The van der Waals surface area contributed by atoms with E-state index >= 15 is 0 Å². The summed E-state index contributed by atoms with van der Waals surface area (Å²) in [6.45, 7) is 5.88. The summed E-state index contributed by atoms with van der Waals surface area (Å²) in [4.78, 5) is 17.1. The van der Waals surface area contributed by atoms with Crippen LogP contribution in [0.5, 0.6) is 5.75 Å². The molecule has 3 rings (SSSR count). The Labute approximate surface area is 153 Å². The number of rotatable bonds is 4. The molecule has 0 aliphatic carbocycles.